The Labute approximate surface area is 154 Å². The molecular formula is C21H23N5. The monoisotopic (exact) mass is 345 g/mol. The Morgan fingerprint density at radius 1 is 0.769 bits per heavy atom. The Morgan fingerprint density at radius 3 is 2.19 bits per heavy atom. The molecule has 0 aliphatic carbocycles. The minimum absolute atomic E-state index is 0.752. The van der Waals surface area contributed by atoms with Crippen LogP contribution in [0.1, 0.15) is 31.5 Å². The van der Waals surface area contributed by atoms with Crippen molar-refractivity contribution in [3.8, 4) is 16.8 Å². The summed E-state index contributed by atoms with van der Waals surface area (Å²) in [5.41, 5.74) is 3.35. The van der Waals surface area contributed by atoms with Crippen molar-refractivity contribution in [2.75, 3.05) is 13.1 Å². The summed E-state index contributed by atoms with van der Waals surface area (Å²) < 4.78 is 1.78. The van der Waals surface area contributed by atoms with E-state index in [1.54, 1.807) is 4.68 Å². The number of nitrogens with zero attached hydrogens (tertiary/aromatic N) is 5. The number of hydrogen-bond acceptors (Lipinski definition) is 4. The van der Waals surface area contributed by atoms with Crippen LogP contribution in [0.5, 0.6) is 0 Å². The second kappa shape index (κ2) is 7.95. The highest BCUT2D eigenvalue weighted by molar-refractivity contribution is 5.64. The summed E-state index contributed by atoms with van der Waals surface area (Å²) in [6, 6.07) is 18.7. The topological polar surface area (TPSA) is 46.8 Å². The van der Waals surface area contributed by atoms with Crippen LogP contribution in [0, 0.1) is 0 Å². The van der Waals surface area contributed by atoms with Gasteiger partial charge in [-0.15, -0.1) is 5.10 Å². The molecule has 0 saturated carbocycles. The largest absolute Gasteiger partial charge is 0.377 e. The van der Waals surface area contributed by atoms with Crippen LogP contribution in [-0.2, 0) is 0 Å². The van der Waals surface area contributed by atoms with Gasteiger partial charge in [0.15, 0.2) is 5.82 Å². The van der Waals surface area contributed by atoms with Gasteiger partial charge in [-0.3, -0.25) is 0 Å². The van der Waals surface area contributed by atoms with Crippen LogP contribution in [0.2, 0.25) is 0 Å². The molecule has 1 fully saturated rings. The molecule has 0 unspecified atom stereocenters. The highest BCUT2D eigenvalue weighted by Crippen LogP contribution is 2.21. The van der Waals surface area contributed by atoms with Crippen molar-refractivity contribution in [2.24, 2.45) is 0 Å². The number of hydrogen-bond donors (Lipinski definition) is 0. The lowest BCUT2D eigenvalue weighted by Gasteiger charge is -2.16. The molecule has 26 heavy (non-hydrogen) atoms. The molecule has 2 heterocycles. The summed E-state index contributed by atoms with van der Waals surface area (Å²) in [4.78, 5) is 2.37. The number of tetrazole rings is 1. The van der Waals surface area contributed by atoms with Crippen LogP contribution >= 0.6 is 0 Å². The molecule has 0 spiro atoms. The lowest BCUT2D eigenvalue weighted by Crippen LogP contribution is -2.17. The molecular weight excluding hydrogens is 322 g/mol. The Balaban J connectivity index is 1.53. The van der Waals surface area contributed by atoms with E-state index >= 15 is 0 Å². The standard InChI is InChI=1S/C21H23N5/c1-2-7-16-25(15-6-1)17-14-21-22-23-24-26(21)20-12-10-19(11-13-20)18-8-4-3-5-9-18/h3-5,8-14,17H,1-2,6-7,15-16H2/b17-14-. The van der Waals surface area contributed by atoms with Crippen molar-refractivity contribution < 1.29 is 0 Å². The number of aromatic nitrogens is 4. The van der Waals surface area contributed by atoms with Crippen LogP contribution in [0.3, 0.4) is 0 Å². The normalized spacial score (nSPS) is 15.3. The molecule has 1 aliphatic heterocycles. The second-order valence-corrected chi connectivity index (χ2v) is 6.63. The maximum Gasteiger partial charge on any atom is 0.181 e. The van der Waals surface area contributed by atoms with Crippen LogP contribution < -0.4 is 0 Å². The number of rotatable bonds is 4. The SMILES string of the molecule is C(=C/N1CCCCCC1)/c1nnnn1-c1ccc(-c2ccccc2)cc1. The van der Waals surface area contributed by atoms with E-state index < -0.39 is 0 Å². The molecule has 0 amide bonds. The molecule has 0 bridgehead atoms. The van der Waals surface area contributed by atoms with Crippen LogP contribution in [0.4, 0.5) is 0 Å². The molecule has 1 saturated heterocycles. The van der Waals surface area contributed by atoms with Crippen LogP contribution in [0.25, 0.3) is 22.9 Å². The van der Waals surface area contributed by atoms with E-state index in [-0.39, 0.29) is 0 Å². The predicted octanol–water partition coefficient (Wildman–Crippen LogP) is 4.18. The molecule has 4 rings (SSSR count). The summed E-state index contributed by atoms with van der Waals surface area (Å²) >= 11 is 0. The second-order valence-electron chi connectivity index (χ2n) is 6.63. The highest BCUT2D eigenvalue weighted by Gasteiger charge is 2.08. The average molecular weight is 345 g/mol. The van der Waals surface area contributed by atoms with Crippen molar-refractivity contribution in [1.82, 2.24) is 25.1 Å². The average Bonchev–Trinajstić information content (AvgIpc) is 3.02. The van der Waals surface area contributed by atoms with E-state index in [0.717, 1.165) is 24.6 Å². The molecule has 2 aromatic carbocycles. The fraction of sp³-hybridized carbons (Fsp3) is 0.286. The van der Waals surface area contributed by atoms with E-state index in [1.807, 2.05) is 12.1 Å². The number of benzene rings is 2. The van der Waals surface area contributed by atoms with Gasteiger partial charge in [-0.1, -0.05) is 55.3 Å². The Bertz CT molecular complexity index is 844. The molecule has 0 atom stereocenters. The van der Waals surface area contributed by atoms with Crippen molar-refractivity contribution in [1.29, 1.82) is 0 Å². The van der Waals surface area contributed by atoms with Crippen molar-refractivity contribution in [2.45, 2.75) is 25.7 Å². The predicted molar refractivity (Wildman–Crippen MR) is 104 cm³/mol. The van der Waals surface area contributed by atoms with Gasteiger partial charge in [-0.05, 0) is 46.5 Å². The van der Waals surface area contributed by atoms with E-state index in [1.165, 1.54) is 36.8 Å². The quantitative estimate of drug-likeness (QED) is 0.712. The molecule has 3 aromatic rings. The smallest absolute Gasteiger partial charge is 0.181 e. The lowest BCUT2D eigenvalue weighted by molar-refractivity contribution is 0.394. The van der Waals surface area contributed by atoms with Gasteiger partial charge in [0.2, 0.25) is 0 Å². The van der Waals surface area contributed by atoms with Crippen molar-refractivity contribution in [3.05, 3.63) is 66.6 Å². The molecule has 0 radical (unpaired) electrons. The van der Waals surface area contributed by atoms with E-state index in [2.05, 4.69) is 75.2 Å². The third-order valence-corrected chi connectivity index (χ3v) is 4.79. The van der Waals surface area contributed by atoms with Gasteiger partial charge in [0.25, 0.3) is 0 Å². The molecule has 0 N–H and O–H groups in total. The summed E-state index contributed by atoms with van der Waals surface area (Å²) in [6.45, 7) is 2.23. The minimum atomic E-state index is 0.752. The molecule has 5 heteroatoms. The Morgan fingerprint density at radius 2 is 1.46 bits per heavy atom. The summed E-state index contributed by atoms with van der Waals surface area (Å²) in [5, 5.41) is 12.2. The molecule has 5 nitrogen and oxygen atoms in total. The fourth-order valence-corrected chi connectivity index (χ4v) is 3.32. The van der Waals surface area contributed by atoms with Gasteiger partial charge in [0, 0.05) is 25.4 Å². The summed E-state index contributed by atoms with van der Waals surface area (Å²) in [6.07, 6.45) is 9.32. The molecule has 132 valence electrons. The third-order valence-electron chi connectivity index (χ3n) is 4.79. The summed E-state index contributed by atoms with van der Waals surface area (Å²) in [5.74, 6) is 0.752. The van der Waals surface area contributed by atoms with Gasteiger partial charge in [0.05, 0.1) is 5.69 Å². The Hall–Kier alpha value is -2.95. The van der Waals surface area contributed by atoms with E-state index in [9.17, 15) is 0 Å². The molecule has 1 aliphatic rings. The molecule has 1 aromatic heterocycles. The van der Waals surface area contributed by atoms with Gasteiger partial charge >= 0.3 is 0 Å². The maximum absolute atomic E-state index is 4.17. The van der Waals surface area contributed by atoms with Crippen LogP contribution in [0.15, 0.2) is 60.8 Å². The first-order valence-corrected chi connectivity index (χ1v) is 9.27. The van der Waals surface area contributed by atoms with Gasteiger partial charge in [-0.2, -0.15) is 4.68 Å². The third kappa shape index (κ3) is 3.82. The first kappa shape index (κ1) is 16.5. The van der Waals surface area contributed by atoms with Crippen molar-refractivity contribution >= 4 is 6.08 Å². The zero-order valence-electron chi connectivity index (χ0n) is 14.8. The zero-order valence-corrected chi connectivity index (χ0v) is 14.8. The van der Waals surface area contributed by atoms with Gasteiger partial charge < -0.3 is 4.90 Å². The number of likely N-dealkylation sites (tertiary alicyclic amines) is 1. The van der Waals surface area contributed by atoms with Gasteiger partial charge in [0.1, 0.15) is 0 Å². The van der Waals surface area contributed by atoms with E-state index in [4.69, 9.17) is 0 Å². The summed E-state index contributed by atoms with van der Waals surface area (Å²) in [7, 11) is 0. The Kier molecular flexibility index (Phi) is 5.05. The highest BCUT2D eigenvalue weighted by atomic mass is 15.5. The van der Waals surface area contributed by atoms with Crippen LogP contribution in [-0.4, -0.2) is 38.2 Å². The first-order chi connectivity index (χ1) is 12.9. The zero-order chi connectivity index (χ0) is 17.6. The fourth-order valence-electron chi connectivity index (χ4n) is 3.32. The lowest BCUT2D eigenvalue weighted by atomic mass is 10.1. The minimum Gasteiger partial charge on any atom is -0.377 e. The van der Waals surface area contributed by atoms with Crippen molar-refractivity contribution in [3.63, 3.8) is 0 Å². The maximum atomic E-state index is 4.17. The van der Waals surface area contributed by atoms with Gasteiger partial charge in [-0.25, -0.2) is 0 Å². The first-order valence-electron chi connectivity index (χ1n) is 9.27. The van der Waals surface area contributed by atoms with E-state index in [0.29, 0.717) is 0 Å².